The van der Waals surface area contributed by atoms with Crippen molar-refractivity contribution in [2.75, 3.05) is 12.4 Å². The molecule has 4 nitrogen and oxygen atoms in total. The number of anilines is 1. The van der Waals surface area contributed by atoms with Crippen molar-refractivity contribution in [1.29, 1.82) is 0 Å². The molecule has 1 fully saturated rings. The van der Waals surface area contributed by atoms with Gasteiger partial charge in [0.1, 0.15) is 5.75 Å². The molecule has 0 amide bonds. The Bertz CT molecular complexity index is 487. The zero-order valence-corrected chi connectivity index (χ0v) is 12.3. The number of methoxy groups -OCH3 is 1. The Balaban J connectivity index is 2.22. The van der Waals surface area contributed by atoms with Gasteiger partial charge < -0.3 is 15.2 Å². The van der Waals surface area contributed by atoms with Crippen LogP contribution in [0.25, 0.3) is 0 Å². The SMILES string of the molecule is COc1ccc(C(=O)O)cc1NC1CCCC(C)C1C. The van der Waals surface area contributed by atoms with Crippen LogP contribution in [-0.4, -0.2) is 24.2 Å². The molecule has 110 valence electrons. The molecule has 1 aromatic carbocycles. The number of carboxylic acids is 1. The molecule has 2 rings (SSSR count). The summed E-state index contributed by atoms with van der Waals surface area (Å²) in [6.07, 6.45) is 3.60. The number of nitrogens with one attached hydrogen (secondary N) is 1. The van der Waals surface area contributed by atoms with Crippen molar-refractivity contribution in [3.05, 3.63) is 23.8 Å². The summed E-state index contributed by atoms with van der Waals surface area (Å²) in [5.74, 6) is 1.04. The van der Waals surface area contributed by atoms with Crippen LogP contribution in [0.3, 0.4) is 0 Å². The van der Waals surface area contributed by atoms with Gasteiger partial charge in [0.05, 0.1) is 18.4 Å². The van der Waals surface area contributed by atoms with E-state index in [1.54, 1.807) is 25.3 Å². The van der Waals surface area contributed by atoms with E-state index in [1.165, 1.54) is 12.8 Å². The van der Waals surface area contributed by atoms with Crippen LogP contribution < -0.4 is 10.1 Å². The molecule has 0 aliphatic heterocycles. The first kappa shape index (κ1) is 14.7. The van der Waals surface area contributed by atoms with Gasteiger partial charge in [-0.2, -0.15) is 0 Å². The predicted molar refractivity (Wildman–Crippen MR) is 79.5 cm³/mol. The van der Waals surface area contributed by atoms with E-state index in [-0.39, 0.29) is 5.56 Å². The molecule has 1 aliphatic rings. The normalized spacial score (nSPS) is 26.1. The number of rotatable bonds is 4. The molecule has 0 bridgehead atoms. The maximum absolute atomic E-state index is 11.1. The minimum atomic E-state index is -0.916. The largest absolute Gasteiger partial charge is 0.495 e. The second kappa shape index (κ2) is 6.16. The first-order valence-electron chi connectivity index (χ1n) is 7.20. The van der Waals surface area contributed by atoms with Crippen LogP contribution in [0.1, 0.15) is 43.5 Å². The minimum Gasteiger partial charge on any atom is -0.495 e. The number of aromatic carboxylic acids is 1. The maximum atomic E-state index is 11.1. The second-order valence-corrected chi connectivity index (χ2v) is 5.74. The van der Waals surface area contributed by atoms with Crippen molar-refractivity contribution in [2.45, 2.75) is 39.2 Å². The molecule has 3 unspecified atom stereocenters. The Hall–Kier alpha value is -1.71. The van der Waals surface area contributed by atoms with E-state index in [4.69, 9.17) is 9.84 Å². The van der Waals surface area contributed by atoms with Crippen LogP contribution >= 0.6 is 0 Å². The van der Waals surface area contributed by atoms with Crippen LogP contribution in [-0.2, 0) is 0 Å². The van der Waals surface area contributed by atoms with Gasteiger partial charge in [-0.3, -0.25) is 0 Å². The fourth-order valence-electron chi connectivity index (χ4n) is 2.94. The van der Waals surface area contributed by atoms with Crippen LogP contribution in [0.2, 0.25) is 0 Å². The Morgan fingerprint density at radius 2 is 2.10 bits per heavy atom. The van der Waals surface area contributed by atoms with Gasteiger partial charge in [0.2, 0.25) is 0 Å². The fourth-order valence-corrected chi connectivity index (χ4v) is 2.94. The molecule has 1 aliphatic carbocycles. The minimum absolute atomic E-state index is 0.282. The summed E-state index contributed by atoms with van der Waals surface area (Å²) in [7, 11) is 1.61. The van der Waals surface area contributed by atoms with Crippen molar-refractivity contribution < 1.29 is 14.6 Å². The van der Waals surface area contributed by atoms with Gasteiger partial charge in [-0.1, -0.05) is 26.7 Å². The maximum Gasteiger partial charge on any atom is 0.335 e. The molecule has 0 aromatic heterocycles. The van der Waals surface area contributed by atoms with E-state index in [0.717, 1.165) is 12.1 Å². The Labute approximate surface area is 120 Å². The van der Waals surface area contributed by atoms with Gasteiger partial charge in [0, 0.05) is 6.04 Å². The van der Waals surface area contributed by atoms with Gasteiger partial charge >= 0.3 is 5.97 Å². The summed E-state index contributed by atoms with van der Waals surface area (Å²) in [5.41, 5.74) is 1.06. The van der Waals surface area contributed by atoms with Crippen LogP contribution in [0, 0.1) is 11.8 Å². The predicted octanol–water partition coefficient (Wildman–Crippen LogP) is 3.63. The molecule has 0 radical (unpaired) electrons. The zero-order chi connectivity index (χ0) is 14.7. The molecule has 0 saturated heterocycles. The molecule has 0 heterocycles. The fraction of sp³-hybridized carbons (Fsp3) is 0.562. The van der Waals surface area contributed by atoms with Crippen molar-refractivity contribution in [3.8, 4) is 5.75 Å². The summed E-state index contributed by atoms with van der Waals surface area (Å²) in [4.78, 5) is 11.1. The zero-order valence-electron chi connectivity index (χ0n) is 12.3. The van der Waals surface area contributed by atoms with Crippen molar-refractivity contribution in [1.82, 2.24) is 0 Å². The Morgan fingerprint density at radius 3 is 2.75 bits per heavy atom. The van der Waals surface area contributed by atoms with E-state index in [1.807, 2.05) is 0 Å². The molecule has 2 N–H and O–H groups in total. The first-order valence-corrected chi connectivity index (χ1v) is 7.20. The average Bonchev–Trinajstić information content (AvgIpc) is 2.43. The van der Waals surface area contributed by atoms with Crippen molar-refractivity contribution in [3.63, 3.8) is 0 Å². The summed E-state index contributed by atoms with van der Waals surface area (Å²) in [6.45, 7) is 4.54. The first-order chi connectivity index (χ1) is 9.52. The van der Waals surface area contributed by atoms with Gasteiger partial charge in [0.25, 0.3) is 0 Å². The van der Waals surface area contributed by atoms with Gasteiger partial charge in [-0.15, -0.1) is 0 Å². The number of ether oxygens (including phenoxy) is 1. The molecule has 0 spiro atoms. The molecule has 1 saturated carbocycles. The number of hydrogen-bond acceptors (Lipinski definition) is 3. The second-order valence-electron chi connectivity index (χ2n) is 5.74. The number of hydrogen-bond donors (Lipinski definition) is 2. The van der Waals surface area contributed by atoms with E-state index in [2.05, 4.69) is 19.2 Å². The highest BCUT2D eigenvalue weighted by Gasteiger charge is 2.27. The van der Waals surface area contributed by atoms with E-state index < -0.39 is 5.97 Å². The van der Waals surface area contributed by atoms with E-state index in [0.29, 0.717) is 23.6 Å². The Morgan fingerprint density at radius 1 is 1.35 bits per heavy atom. The van der Waals surface area contributed by atoms with Crippen LogP contribution in [0.15, 0.2) is 18.2 Å². The van der Waals surface area contributed by atoms with Crippen LogP contribution in [0.4, 0.5) is 5.69 Å². The third kappa shape index (κ3) is 3.06. The third-order valence-electron chi connectivity index (χ3n) is 4.49. The highest BCUT2D eigenvalue weighted by molar-refractivity contribution is 5.89. The quantitative estimate of drug-likeness (QED) is 0.882. The summed E-state index contributed by atoms with van der Waals surface area (Å²) < 4.78 is 5.33. The lowest BCUT2D eigenvalue weighted by atomic mass is 9.78. The average molecular weight is 277 g/mol. The van der Waals surface area contributed by atoms with Crippen molar-refractivity contribution in [2.24, 2.45) is 11.8 Å². The van der Waals surface area contributed by atoms with Crippen LogP contribution in [0.5, 0.6) is 5.75 Å². The number of carboxylic acid groups (broad SMARTS) is 1. The van der Waals surface area contributed by atoms with Gasteiger partial charge in [-0.25, -0.2) is 4.79 Å². The third-order valence-corrected chi connectivity index (χ3v) is 4.49. The molecular formula is C16H23NO3. The standard InChI is InChI=1S/C16H23NO3/c1-10-5-4-6-13(11(10)2)17-14-9-12(16(18)19)7-8-15(14)20-3/h7-11,13,17H,4-6H2,1-3H3,(H,18,19). The topological polar surface area (TPSA) is 58.6 Å². The number of carbonyl (C=O) groups is 1. The summed E-state index contributed by atoms with van der Waals surface area (Å²) in [6, 6.07) is 5.31. The summed E-state index contributed by atoms with van der Waals surface area (Å²) >= 11 is 0. The van der Waals surface area contributed by atoms with E-state index >= 15 is 0 Å². The molecule has 3 atom stereocenters. The van der Waals surface area contributed by atoms with Gasteiger partial charge in [-0.05, 0) is 36.5 Å². The van der Waals surface area contributed by atoms with Crippen molar-refractivity contribution >= 4 is 11.7 Å². The Kier molecular flexibility index (Phi) is 4.53. The van der Waals surface area contributed by atoms with E-state index in [9.17, 15) is 4.79 Å². The number of benzene rings is 1. The molecule has 4 heteroatoms. The lowest BCUT2D eigenvalue weighted by molar-refractivity contribution is 0.0697. The molecule has 20 heavy (non-hydrogen) atoms. The lowest BCUT2D eigenvalue weighted by Gasteiger charge is -2.35. The smallest absolute Gasteiger partial charge is 0.335 e. The monoisotopic (exact) mass is 277 g/mol. The highest BCUT2D eigenvalue weighted by atomic mass is 16.5. The summed E-state index contributed by atoms with van der Waals surface area (Å²) in [5, 5.41) is 12.6. The molecule has 1 aromatic rings. The highest BCUT2D eigenvalue weighted by Crippen LogP contribution is 2.34. The van der Waals surface area contributed by atoms with Gasteiger partial charge in [0.15, 0.2) is 0 Å². The lowest BCUT2D eigenvalue weighted by Crippen LogP contribution is -2.35. The molecular weight excluding hydrogens is 254 g/mol.